The summed E-state index contributed by atoms with van der Waals surface area (Å²) >= 11 is 1.46. The van der Waals surface area contributed by atoms with Crippen LogP contribution in [0.1, 0.15) is 147 Å². The number of unbranched alkanes of at least 4 members (excludes halogenated alkanes) is 1. The summed E-state index contributed by atoms with van der Waals surface area (Å²) in [5.74, 6) is -6.75. The van der Waals surface area contributed by atoms with Crippen molar-refractivity contribution in [3.05, 3.63) is 83.9 Å². The summed E-state index contributed by atoms with van der Waals surface area (Å²) in [5, 5.41) is 19.5. The number of hydrogen-bond donors (Lipinski definition) is 2. The maximum Gasteiger partial charge on any atom is 0.314 e. The van der Waals surface area contributed by atoms with Gasteiger partial charge in [0, 0.05) is 14.7 Å². The zero-order chi connectivity index (χ0) is 48.3. The van der Waals surface area contributed by atoms with Crippen LogP contribution in [0.2, 0.25) is 0 Å². The number of hydrogen-bond acceptors (Lipinski definition) is 7. The highest BCUT2D eigenvalue weighted by molar-refractivity contribution is 8.00. The monoisotopic (exact) mass is 984 g/mol. The molecule has 0 spiro atoms. The SMILES string of the molecule is CCC1CCC(C(=O)Oc2ccc(SC(F)F)cc2)CC1.CCCC1CCC(C(=O)O)(c2ccc(SC(F)F)cc2)CC1.CCCCC1CCC(C(=O)O)(c2ccc(SC(F)F)cc2)CC1. The van der Waals surface area contributed by atoms with E-state index in [2.05, 4.69) is 20.8 Å². The van der Waals surface area contributed by atoms with Gasteiger partial charge < -0.3 is 14.9 Å². The van der Waals surface area contributed by atoms with E-state index in [1.807, 2.05) is 0 Å². The summed E-state index contributed by atoms with van der Waals surface area (Å²) in [6.45, 7) is 6.50. The van der Waals surface area contributed by atoms with Crippen LogP contribution in [-0.4, -0.2) is 45.4 Å². The number of carbonyl (C=O) groups is 3. The molecule has 3 aliphatic carbocycles. The highest BCUT2D eigenvalue weighted by atomic mass is 32.2. The number of benzene rings is 3. The van der Waals surface area contributed by atoms with E-state index in [-0.39, 0.29) is 11.9 Å². The molecule has 2 N–H and O–H groups in total. The zero-order valence-electron chi connectivity index (χ0n) is 38.2. The van der Waals surface area contributed by atoms with Crippen molar-refractivity contribution in [1.29, 1.82) is 0 Å². The van der Waals surface area contributed by atoms with Gasteiger partial charge in [0.2, 0.25) is 0 Å². The van der Waals surface area contributed by atoms with Crippen molar-refractivity contribution in [3.63, 3.8) is 0 Å². The lowest BCUT2D eigenvalue weighted by Crippen LogP contribution is -2.39. The molecule has 3 aromatic carbocycles. The lowest BCUT2D eigenvalue weighted by Gasteiger charge is -2.37. The number of thioether (sulfide) groups is 3. The molecule has 15 heteroatoms. The fraction of sp³-hybridized carbons (Fsp3) is 0.588. The molecule has 0 atom stereocenters. The van der Waals surface area contributed by atoms with Gasteiger partial charge in [0.05, 0.1) is 16.7 Å². The van der Waals surface area contributed by atoms with Crippen molar-refractivity contribution in [3.8, 4) is 5.75 Å². The van der Waals surface area contributed by atoms with Crippen molar-refractivity contribution in [2.75, 3.05) is 0 Å². The molecular weight excluding hydrogens is 919 g/mol. The van der Waals surface area contributed by atoms with Crippen LogP contribution in [0.15, 0.2) is 87.5 Å². The summed E-state index contributed by atoms with van der Waals surface area (Å²) < 4.78 is 79.3. The number of carbonyl (C=O) groups excluding carboxylic acids is 1. The van der Waals surface area contributed by atoms with Crippen LogP contribution in [0.3, 0.4) is 0 Å². The van der Waals surface area contributed by atoms with Crippen LogP contribution in [0.4, 0.5) is 26.3 Å². The van der Waals surface area contributed by atoms with Gasteiger partial charge in [-0.05, 0) is 154 Å². The first-order valence-electron chi connectivity index (χ1n) is 23.4. The second kappa shape index (κ2) is 27.6. The third-order valence-corrected chi connectivity index (χ3v) is 15.9. The molecule has 6 nitrogen and oxygen atoms in total. The molecule has 0 bridgehead atoms. The molecule has 3 saturated carbocycles. The minimum atomic E-state index is -2.46. The number of aliphatic carboxylic acids is 2. The first kappa shape index (κ1) is 55.3. The van der Waals surface area contributed by atoms with E-state index in [1.165, 1.54) is 25.7 Å². The molecule has 0 aliphatic heterocycles. The highest BCUT2D eigenvalue weighted by Crippen LogP contribution is 2.45. The van der Waals surface area contributed by atoms with E-state index in [9.17, 15) is 50.9 Å². The molecule has 0 heterocycles. The Balaban J connectivity index is 0.000000217. The zero-order valence-corrected chi connectivity index (χ0v) is 40.7. The third kappa shape index (κ3) is 16.7. The van der Waals surface area contributed by atoms with Crippen LogP contribution in [0.5, 0.6) is 5.75 Å². The molecule has 3 fully saturated rings. The summed E-state index contributed by atoms with van der Waals surface area (Å²) in [7, 11) is 0. The van der Waals surface area contributed by atoms with Gasteiger partial charge in [-0.15, -0.1) is 0 Å². The number of ether oxygens (including phenoxy) is 1. The third-order valence-electron chi connectivity index (χ3n) is 13.7. The van der Waals surface area contributed by atoms with E-state index in [0.29, 0.717) is 93.2 Å². The quantitative estimate of drug-likeness (QED) is 0.0558. The van der Waals surface area contributed by atoms with E-state index in [0.717, 1.165) is 81.3 Å². The van der Waals surface area contributed by atoms with E-state index < -0.39 is 40.0 Å². The molecule has 0 radical (unpaired) electrons. The number of carboxylic acid groups (broad SMARTS) is 2. The Morgan fingerprint density at radius 2 is 0.924 bits per heavy atom. The molecule has 3 aliphatic rings. The van der Waals surface area contributed by atoms with Crippen molar-refractivity contribution in [2.45, 2.75) is 179 Å². The van der Waals surface area contributed by atoms with Crippen LogP contribution in [0.25, 0.3) is 0 Å². The average molecular weight is 985 g/mol. The standard InChI is InChI=1S/C18H24F2O2S.C17H22F2O2S.C16H20F2O2S/c1-2-3-4-13-9-11-18(12-10-13,16(21)22)14-5-7-15(8-6-14)23-17(19)20;1-2-3-12-8-10-17(11-9-12,15(20)21)13-4-6-14(7-5-13)22-16(18)19;1-2-11-3-5-12(6-4-11)15(19)20-13-7-9-14(10-8-13)21-16(17)18/h5-8,13,17H,2-4,9-12H2,1H3,(H,21,22);4-7,12,16H,2-3,8-11H2,1H3,(H,20,21);7-12,16H,2-6H2,1H3. The van der Waals surface area contributed by atoms with Gasteiger partial charge in [0.1, 0.15) is 5.75 Å². The Kier molecular flexibility index (Phi) is 23.2. The van der Waals surface area contributed by atoms with Crippen LogP contribution >= 0.6 is 35.3 Å². The number of rotatable bonds is 18. The lowest BCUT2D eigenvalue weighted by atomic mass is 9.66. The number of alkyl halides is 6. The second-order valence-corrected chi connectivity index (χ2v) is 21.0. The van der Waals surface area contributed by atoms with Crippen molar-refractivity contribution in [1.82, 2.24) is 0 Å². The van der Waals surface area contributed by atoms with Crippen molar-refractivity contribution in [2.24, 2.45) is 23.7 Å². The van der Waals surface area contributed by atoms with Gasteiger partial charge in [0.25, 0.3) is 17.3 Å². The topological polar surface area (TPSA) is 101 Å². The van der Waals surface area contributed by atoms with Gasteiger partial charge >= 0.3 is 17.9 Å². The molecule has 3 aromatic rings. The molecule has 366 valence electrons. The highest BCUT2D eigenvalue weighted by Gasteiger charge is 2.44. The fourth-order valence-electron chi connectivity index (χ4n) is 9.68. The summed E-state index contributed by atoms with van der Waals surface area (Å²) in [5.41, 5.74) is -0.208. The first-order valence-corrected chi connectivity index (χ1v) is 26.0. The lowest BCUT2D eigenvalue weighted by molar-refractivity contribution is -0.146. The smallest absolute Gasteiger partial charge is 0.314 e. The van der Waals surface area contributed by atoms with Gasteiger partial charge in [-0.1, -0.05) is 119 Å². The first-order chi connectivity index (χ1) is 31.5. The Labute approximate surface area is 399 Å². The fourth-order valence-corrected chi connectivity index (χ4v) is 11.2. The van der Waals surface area contributed by atoms with Gasteiger partial charge in [-0.3, -0.25) is 14.4 Å². The Hall–Kier alpha value is -3.30. The predicted octanol–water partition coefficient (Wildman–Crippen LogP) is 16.1. The normalized spacial score (nSPS) is 24.2. The van der Waals surface area contributed by atoms with Crippen molar-refractivity contribution >= 4 is 53.2 Å². The summed E-state index contributed by atoms with van der Waals surface area (Å²) in [6.07, 6.45) is 17.2. The molecular formula is C51H66F6O6S3. The second-order valence-electron chi connectivity index (χ2n) is 17.8. The Bertz CT molecular complexity index is 1890. The van der Waals surface area contributed by atoms with E-state index in [4.69, 9.17) is 4.74 Å². The van der Waals surface area contributed by atoms with Gasteiger partial charge in [-0.2, -0.15) is 26.3 Å². The predicted molar refractivity (Wildman–Crippen MR) is 253 cm³/mol. The molecule has 0 aromatic heterocycles. The van der Waals surface area contributed by atoms with Crippen LogP contribution in [-0.2, 0) is 25.2 Å². The van der Waals surface area contributed by atoms with Gasteiger partial charge in [-0.25, -0.2) is 0 Å². The Morgan fingerprint density at radius 3 is 1.26 bits per heavy atom. The maximum absolute atomic E-state index is 12.4. The largest absolute Gasteiger partial charge is 0.481 e. The molecule has 66 heavy (non-hydrogen) atoms. The van der Waals surface area contributed by atoms with Crippen molar-refractivity contribution < 1.29 is 55.7 Å². The molecule has 0 saturated heterocycles. The number of halogens is 6. The number of carboxylic acids is 2. The average Bonchev–Trinajstić information content (AvgIpc) is 3.30. The summed E-state index contributed by atoms with van der Waals surface area (Å²) in [6, 6.07) is 19.5. The minimum Gasteiger partial charge on any atom is -0.481 e. The molecule has 6 rings (SSSR count). The Morgan fingerprint density at radius 1 is 0.545 bits per heavy atom. The molecule has 0 amide bonds. The number of esters is 1. The van der Waals surface area contributed by atoms with Crippen LogP contribution in [0, 0.1) is 23.7 Å². The van der Waals surface area contributed by atoms with Gasteiger partial charge in [0.15, 0.2) is 0 Å². The maximum atomic E-state index is 12.4. The molecule has 0 unspecified atom stereocenters. The van der Waals surface area contributed by atoms with E-state index in [1.54, 1.807) is 72.8 Å². The minimum absolute atomic E-state index is 0.0251. The van der Waals surface area contributed by atoms with Crippen LogP contribution < -0.4 is 4.74 Å². The summed E-state index contributed by atoms with van der Waals surface area (Å²) in [4.78, 5) is 37.3. The van der Waals surface area contributed by atoms with E-state index >= 15 is 0 Å².